The van der Waals surface area contributed by atoms with Gasteiger partial charge in [0, 0.05) is 6.61 Å². The number of carbonyl (C=O) groups is 1. The molecule has 0 aliphatic rings. The van der Waals surface area contributed by atoms with Crippen molar-refractivity contribution in [2.45, 2.75) is 32.1 Å². The van der Waals surface area contributed by atoms with Crippen LogP contribution in [0.3, 0.4) is 0 Å². The van der Waals surface area contributed by atoms with Gasteiger partial charge in [-0.25, -0.2) is 4.79 Å². The third-order valence-corrected chi connectivity index (χ3v) is 3.63. The Hall–Kier alpha value is -2.33. The van der Waals surface area contributed by atoms with Gasteiger partial charge < -0.3 is 14.9 Å². The largest absolute Gasteiger partial charge is 0.478 e. The minimum Gasteiger partial charge on any atom is -0.478 e. The molecule has 0 fully saturated rings. The number of carboxylic acids is 1. The van der Waals surface area contributed by atoms with Crippen molar-refractivity contribution < 1.29 is 19.7 Å². The molecule has 0 saturated heterocycles. The van der Waals surface area contributed by atoms with Crippen LogP contribution in [0.15, 0.2) is 48.5 Å². The molecule has 4 heteroatoms. The number of carboxylic acid groups (broad SMARTS) is 1. The Morgan fingerprint density at radius 2 is 1.39 bits per heavy atom. The Morgan fingerprint density at radius 1 is 0.826 bits per heavy atom. The Labute approximate surface area is 136 Å². The molecule has 0 radical (unpaired) electrons. The van der Waals surface area contributed by atoms with Gasteiger partial charge in [0.2, 0.25) is 0 Å². The molecule has 122 valence electrons. The zero-order chi connectivity index (χ0) is 16.5. The number of aryl methyl sites for hydroxylation is 1. The van der Waals surface area contributed by atoms with Gasteiger partial charge in [0.15, 0.2) is 0 Å². The molecule has 0 bridgehead atoms. The predicted octanol–water partition coefficient (Wildman–Crippen LogP) is 4.27. The number of hydrogen-bond donors (Lipinski definition) is 2. The number of aliphatic hydroxyl groups is 1. The standard InChI is InChI=1S/C19H22O4/c20-14-4-2-1-3-5-15-6-10-17(11-7-15)23-18-12-8-16(9-13-18)19(21)22/h6-13,20H,1-5,14H2,(H,21,22). The molecule has 0 amide bonds. The monoisotopic (exact) mass is 314 g/mol. The van der Waals surface area contributed by atoms with Crippen molar-refractivity contribution in [3.8, 4) is 11.5 Å². The molecule has 23 heavy (non-hydrogen) atoms. The van der Waals surface area contributed by atoms with Crippen molar-refractivity contribution in [2.75, 3.05) is 6.61 Å². The molecule has 2 aromatic carbocycles. The number of benzene rings is 2. The topological polar surface area (TPSA) is 66.8 Å². The molecule has 0 spiro atoms. The van der Waals surface area contributed by atoms with E-state index in [1.165, 1.54) is 17.7 Å². The minimum atomic E-state index is -0.945. The van der Waals surface area contributed by atoms with E-state index < -0.39 is 5.97 Å². The van der Waals surface area contributed by atoms with E-state index in [4.69, 9.17) is 14.9 Å². The highest BCUT2D eigenvalue weighted by Crippen LogP contribution is 2.22. The average molecular weight is 314 g/mol. The molecule has 0 heterocycles. The van der Waals surface area contributed by atoms with Gasteiger partial charge in [0.05, 0.1) is 5.56 Å². The fraction of sp³-hybridized carbons (Fsp3) is 0.316. The lowest BCUT2D eigenvalue weighted by molar-refractivity contribution is 0.0697. The van der Waals surface area contributed by atoms with E-state index in [0.717, 1.165) is 37.9 Å². The maximum Gasteiger partial charge on any atom is 0.335 e. The van der Waals surface area contributed by atoms with Crippen molar-refractivity contribution in [3.05, 3.63) is 59.7 Å². The van der Waals surface area contributed by atoms with Crippen LogP contribution in [0.1, 0.15) is 41.6 Å². The summed E-state index contributed by atoms with van der Waals surface area (Å²) < 4.78 is 5.70. The maximum absolute atomic E-state index is 10.8. The summed E-state index contributed by atoms with van der Waals surface area (Å²) in [6, 6.07) is 14.3. The van der Waals surface area contributed by atoms with Crippen LogP contribution in [0, 0.1) is 0 Å². The van der Waals surface area contributed by atoms with Gasteiger partial charge in [0.1, 0.15) is 11.5 Å². The van der Waals surface area contributed by atoms with Crippen molar-refractivity contribution in [2.24, 2.45) is 0 Å². The van der Waals surface area contributed by atoms with E-state index in [1.54, 1.807) is 12.1 Å². The Balaban J connectivity index is 1.83. The Kier molecular flexibility index (Phi) is 6.63. The molecule has 0 aliphatic heterocycles. The molecule has 2 rings (SSSR count). The molecular weight excluding hydrogens is 292 g/mol. The van der Waals surface area contributed by atoms with Crippen LogP contribution < -0.4 is 4.74 Å². The molecule has 0 atom stereocenters. The SMILES string of the molecule is O=C(O)c1ccc(Oc2ccc(CCCCCCO)cc2)cc1. The molecule has 0 aromatic heterocycles. The summed E-state index contributed by atoms with van der Waals surface area (Å²) in [5, 5.41) is 17.6. The number of rotatable bonds is 9. The number of aliphatic hydroxyl groups excluding tert-OH is 1. The highest BCUT2D eigenvalue weighted by atomic mass is 16.5. The molecule has 0 aliphatic carbocycles. The summed E-state index contributed by atoms with van der Waals surface area (Å²) in [6.45, 7) is 0.277. The second-order valence-electron chi connectivity index (χ2n) is 5.46. The van der Waals surface area contributed by atoms with Crippen molar-refractivity contribution in [1.29, 1.82) is 0 Å². The van der Waals surface area contributed by atoms with Gasteiger partial charge in [-0.15, -0.1) is 0 Å². The Bertz CT molecular complexity index is 602. The van der Waals surface area contributed by atoms with Gasteiger partial charge in [-0.1, -0.05) is 25.0 Å². The maximum atomic E-state index is 10.8. The highest BCUT2D eigenvalue weighted by Gasteiger charge is 2.03. The van der Waals surface area contributed by atoms with E-state index in [-0.39, 0.29) is 12.2 Å². The fourth-order valence-electron chi connectivity index (χ4n) is 2.32. The first-order valence-electron chi connectivity index (χ1n) is 7.90. The number of aromatic carboxylic acids is 1. The summed E-state index contributed by atoms with van der Waals surface area (Å²) in [4.78, 5) is 10.8. The molecule has 4 nitrogen and oxygen atoms in total. The van der Waals surface area contributed by atoms with Gasteiger partial charge in [-0.3, -0.25) is 0 Å². The molecule has 0 saturated carbocycles. The van der Waals surface area contributed by atoms with Crippen LogP contribution in [0.5, 0.6) is 11.5 Å². The predicted molar refractivity (Wildman–Crippen MR) is 89.2 cm³/mol. The second-order valence-corrected chi connectivity index (χ2v) is 5.46. The molecule has 2 N–H and O–H groups in total. The summed E-state index contributed by atoms with van der Waals surface area (Å²) in [5.74, 6) is 0.406. The quantitative estimate of drug-likeness (QED) is 0.678. The van der Waals surface area contributed by atoms with Crippen LogP contribution in [-0.4, -0.2) is 22.8 Å². The normalized spacial score (nSPS) is 10.5. The van der Waals surface area contributed by atoms with Crippen molar-refractivity contribution in [1.82, 2.24) is 0 Å². The first kappa shape index (κ1) is 17.0. The van der Waals surface area contributed by atoms with Crippen LogP contribution in [0.4, 0.5) is 0 Å². The first-order valence-corrected chi connectivity index (χ1v) is 7.90. The first-order chi connectivity index (χ1) is 11.2. The van der Waals surface area contributed by atoms with Crippen LogP contribution in [0.25, 0.3) is 0 Å². The lowest BCUT2D eigenvalue weighted by Gasteiger charge is -2.07. The summed E-state index contributed by atoms with van der Waals surface area (Å²) >= 11 is 0. The van der Waals surface area contributed by atoms with E-state index >= 15 is 0 Å². The van der Waals surface area contributed by atoms with Gasteiger partial charge in [-0.2, -0.15) is 0 Å². The smallest absolute Gasteiger partial charge is 0.335 e. The molecule has 2 aromatic rings. The second kappa shape index (κ2) is 8.96. The molecular formula is C19H22O4. The van der Waals surface area contributed by atoms with E-state index in [9.17, 15) is 4.79 Å². The number of ether oxygens (including phenoxy) is 1. The van der Waals surface area contributed by atoms with Crippen molar-refractivity contribution >= 4 is 5.97 Å². The van der Waals surface area contributed by atoms with E-state index in [0.29, 0.717) is 5.75 Å². The minimum absolute atomic E-state index is 0.244. The summed E-state index contributed by atoms with van der Waals surface area (Å²) in [6.07, 6.45) is 5.24. The zero-order valence-electron chi connectivity index (χ0n) is 13.1. The fourth-order valence-corrected chi connectivity index (χ4v) is 2.32. The third kappa shape index (κ3) is 5.75. The van der Waals surface area contributed by atoms with Gasteiger partial charge >= 0.3 is 5.97 Å². The van der Waals surface area contributed by atoms with Crippen LogP contribution in [-0.2, 0) is 6.42 Å². The summed E-state index contributed by atoms with van der Waals surface area (Å²) in [7, 11) is 0. The van der Waals surface area contributed by atoms with Crippen LogP contribution >= 0.6 is 0 Å². The van der Waals surface area contributed by atoms with Crippen LogP contribution in [0.2, 0.25) is 0 Å². The average Bonchev–Trinajstić information content (AvgIpc) is 2.57. The lowest BCUT2D eigenvalue weighted by atomic mass is 10.1. The van der Waals surface area contributed by atoms with E-state index in [1.807, 2.05) is 24.3 Å². The lowest BCUT2D eigenvalue weighted by Crippen LogP contribution is -1.95. The Morgan fingerprint density at radius 3 is 1.96 bits per heavy atom. The zero-order valence-corrected chi connectivity index (χ0v) is 13.1. The summed E-state index contributed by atoms with van der Waals surface area (Å²) in [5.41, 5.74) is 1.51. The number of unbranched alkanes of at least 4 members (excludes halogenated alkanes) is 3. The van der Waals surface area contributed by atoms with Gasteiger partial charge in [0.25, 0.3) is 0 Å². The van der Waals surface area contributed by atoms with E-state index in [2.05, 4.69) is 0 Å². The third-order valence-electron chi connectivity index (χ3n) is 3.63. The highest BCUT2D eigenvalue weighted by molar-refractivity contribution is 5.87. The van der Waals surface area contributed by atoms with Crippen molar-refractivity contribution in [3.63, 3.8) is 0 Å². The van der Waals surface area contributed by atoms with Gasteiger partial charge in [-0.05, 0) is 61.2 Å². The number of hydrogen-bond acceptors (Lipinski definition) is 3. The molecule has 0 unspecified atom stereocenters.